The van der Waals surface area contributed by atoms with Gasteiger partial charge in [-0.3, -0.25) is 9.78 Å². The number of nitrogens with one attached hydrogen (secondary N) is 1. The summed E-state index contributed by atoms with van der Waals surface area (Å²) in [7, 11) is -3.68. The van der Waals surface area contributed by atoms with E-state index in [1.54, 1.807) is 60.8 Å². The molecule has 0 unspecified atom stereocenters. The number of pyridine rings is 1. The van der Waals surface area contributed by atoms with Gasteiger partial charge in [-0.05, 0) is 35.9 Å². The zero-order valence-corrected chi connectivity index (χ0v) is 15.5. The number of hydrogen-bond donors (Lipinski definition) is 2. The molecule has 0 bridgehead atoms. The Hall–Kier alpha value is -3.36. The van der Waals surface area contributed by atoms with Gasteiger partial charge in [0.05, 0.1) is 20.9 Å². The van der Waals surface area contributed by atoms with Gasteiger partial charge in [-0.2, -0.15) is 5.10 Å². The highest BCUT2D eigenvalue weighted by molar-refractivity contribution is 7.91. The molecule has 0 amide bonds. The van der Waals surface area contributed by atoms with Crippen LogP contribution in [-0.4, -0.2) is 23.6 Å². The average molecular weight is 392 g/mol. The first kappa shape index (κ1) is 18.0. The molecule has 140 valence electrons. The predicted molar refractivity (Wildman–Crippen MR) is 105 cm³/mol. The lowest BCUT2D eigenvalue weighted by molar-refractivity contribution is 0.595. The van der Waals surface area contributed by atoms with Gasteiger partial charge in [0.2, 0.25) is 9.84 Å². The summed E-state index contributed by atoms with van der Waals surface area (Å²) in [6.45, 7) is 0.164. The fourth-order valence-corrected chi connectivity index (χ4v) is 4.28. The normalized spacial score (nSPS) is 11.6. The van der Waals surface area contributed by atoms with Crippen molar-refractivity contribution in [2.75, 3.05) is 0 Å². The molecule has 0 saturated carbocycles. The molecule has 2 heterocycles. The SMILES string of the molecule is NCc1n[nH]c(=O)c2ccc(-c3cncc(S(=O)(=O)c4ccccc4)c3)cc12. The maximum atomic E-state index is 12.9. The van der Waals surface area contributed by atoms with E-state index in [2.05, 4.69) is 15.2 Å². The summed E-state index contributed by atoms with van der Waals surface area (Å²) >= 11 is 0. The lowest BCUT2D eigenvalue weighted by atomic mass is 10.0. The first-order chi connectivity index (χ1) is 13.5. The number of fused-ring (bicyclic) bond motifs is 1. The maximum absolute atomic E-state index is 12.9. The second-order valence-corrected chi connectivity index (χ2v) is 8.14. The Morgan fingerprint density at radius 1 is 0.893 bits per heavy atom. The third-order valence-corrected chi connectivity index (χ3v) is 6.21. The summed E-state index contributed by atoms with van der Waals surface area (Å²) in [6.07, 6.45) is 2.90. The summed E-state index contributed by atoms with van der Waals surface area (Å²) in [5.41, 5.74) is 7.30. The molecular weight excluding hydrogens is 376 g/mol. The number of nitrogens with two attached hydrogens (primary N) is 1. The number of nitrogens with zero attached hydrogens (tertiary/aromatic N) is 2. The third-order valence-electron chi connectivity index (χ3n) is 4.47. The Labute approximate surface area is 160 Å². The summed E-state index contributed by atoms with van der Waals surface area (Å²) in [6, 6.07) is 14.9. The van der Waals surface area contributed by atoms with Crippen LogP contribution in [0.5, 0.6) is 0 Å². The Kier molecular flexibility index (Phi) is 4.50. The standard InChI is InChI=1S/C20H16N4O3S/c21-10-19-18-9-13(6-7-17(18)20(25)24-23-19)14-8-16(12-22-11-14)28(26,27)15-4-2-1-3-5-15/h1-9,11-12H,10,21H2,(H,24,25). The van der Waals surface area contributed by atoms with Crippen LogP contribution >= 0.6 is 0 Å². The maximum Gasteiger partial charge on any atom is 0.272 e. The molecule has 4 aromatic rings. The van der Waals surface area contributed by atoms with Crippen LogP contribution in [0.25, 0.3) is 21.9 Å². The molecule has 0 saturated heterocycles. The molecule has 0 aliphatic rings. The monoisotopic (exact) mass is 392 g/mol. The van der Waals surface area contributed by atoms with E-state index in [1.807, 2.05) is 0 Å². The molecule has 28 heavy (non-hydrogen) atoms. The molecule has 2 aromatic heterocycles. The lowest BCUT2D eigenvalue weighted by Gasteiger charge is -2.09. The van der Waals surface area contributed by atoms with Gasteiger partial charge in [0.1, 0.15) is 0 Å². The number of benzene rings is 2. The Morgan fingerprint density at radius 3 is 2.43 bits per heavy atom. The molecular formula is C20H16N4O3S. The third kappa shape index (κ3) is 3.08. The van der Waals surface area contributed by atoms with Gasteiger partial charge >= 0.3 is 0 Å². The van der Waals surface area contributed by atoms with Gasteiger partial charge in [-0.15, -0.1) is 0 Å². The molecule has 0 radical (unpaired) electrons. The fourth-order valence-electron chi connectivity index (χ4n) is 3.01. The second-order valence-electron chi connectivity index (χ2n) is 6.19. The number of aromatic amines is 1. The zero-order chi connectivity index (χ0) is 19.7. The van der Waals surface area contributed by atoms with Gasteiger partial charge in [0.25, 0.3) is 5.56 Å². The summed E-state index contributed by atoms with van der Waals surface area (Å²) < 4.78 is 25.7. The van der Waals surface area contributed by atoms with E-state index >= 15 is 0 Å². The van der Waals surface area contributed by atoms with Crippen LogP contribution in [0.1, 0.15) is 5.69 Å². The highest BCUT2D eigenvalue weighted by atomic mass is 32.2. The number of H-pyrrole nitrogens is 1. The fraction of sp³-hybridized carbons (Fsp3) is 0.0500. The largest absolute Gasteiger partial charge is 0.325 e. The van der Waals surface area contributed by atoms with E-state index in [0.717, 1.165) is 0 Å². The van der Waals surface area contributed by atoms with Gasteiger partial charge in [-0.1, -0.05) is 24.3 Å². The van der Waals surface area contributed by atoms with E-state index in [4.69, 9.17) is 5.73 Å². The van der Waals surface area contributed by atoms with Crippen LogP contribution in [-0.2, 0) is 16.4 Å². The molecule has 2 aromatic carbocycles. The lowest BCUT2D eigenvalue weighted by Crippen LogP contribution is -2.13. The van der Waals surface area contributed by atoms with E-state index in [9.17, 15) is 13.2 Å². The Balaban J connectivity index is 1.86. The van der Waals surface area contributed by atoms with Crippen molar-refractivity contribution in [2.45, 2.75) is 16.3 Å². The highest BCUT2D eigenvalue weighted by Gasteiger charge is 2.18. The molecule has 0 aliphatic heterocycles. The highest BCUT2D eigenvalue weighted by Crippen LogP contribution is 2.27. The Morgan fingerprint density at radius 2 is 1.68 bits per heavy atom. The van der Waals surface area contributed by atoms with Crippen molar-refractivity contribution in [3.63, 3.8) is 0 Å². The molecule has 7 nitrogen and oxygen atoms in total. The molecule has 0 spiro atoms. The molecule has 0 aliphatic carbocycles. The zero-order valence-electron chi connectivity index (χ0n) is 14.7. The van der Waals surface area contributed by atoms with Crippen LogP contribution in [0.4, 0.5) is 0 Å². The Bertz CT molecular complexity index is 1330. The first-order valence-electron chi connectivity index (χ1n) is 8.47. The van der Waals surface area contributed by atoms with Crippen LogP contribution in [0.3, 0.4) is 0 Å². The smallest absolute Gasteiger partial charge is 0.272 e. The summed E-state index contributed by atoms with van der Waals surface area (Å²) in [4.78, 5) is 16.4. The number of sulfone groups is 1. The minimum absolute atomic E-state index is 0.0966. The van der Waals surface area contributed by atoms with E-state index < -0.39 is 9.84 Å². The number of hydrogen-bond acceptors (Lipinski definition) is 6. The van der Waals surface area contributed by atoms with Gasteiger partial charge in [0, 0.05) is 29.9 Å². The molecule has 0 atom stereocenters. The molecule has 8 heteroatoms. The van der Waals surface area contributed by atoms with E-state index in [1.165, 1.54) is 6.20 Å². The van der Waals surface area contributed by atoms with Crippen LogP contribution in [0, 0.1) is 0 Å². The summed E-state index contributed by atoms with van der Waals surface area (Å²) in [5.74, 6) is 0. The van der Waals surface area contributed by atoms with E-state index in [0.29, 0.717) is 27.6 Å². The van der Waals surface area contributed by atoms with Gasteiger partial charge in [-0.25, -0.2) is 13.5 Å². The first-order valence-corrected chi connectivity index (χ1v) is 9.96. The van der Waals surface area contributed by atoms with Gasteiger partial charge < -0.3 is 5.73 Å². The van der Waals surface area contributed by atoms with Crippen molar-refractivity contribution in [1.82, 2.24) is 15.2 Å². The number of rotatable bonds is 4. The van der Waals surface area contributed by atoms with Crippen molar-refractivity contribution in [1.29, 1.82) is 0 Å². The minimum Gasteiger partial charge on any atom is -0.325 e. The summed E-state index contributed by atoms with van der Waals surface area (Å²) in [5, 5.41) is 7.50. The predicted octanol–water partition coefficient (Wildman–Crippen LogP) is 2.28. The van der Waals surface area contributed by atoms with Crippen molar-refractivity contribution >= 4 is 20.6 Å². The van der Waals surface area contributed by atoms with Crippen molar-refractivity contribution in [3.8, 4) is 11.1 Å². The number of aromatic nitrogens is 3. The molecule has 0 fully saturated rings. The van der Waals surface area contributed by atoms with Gasteiger partial charge in [0.15, 0.2) is 0 Å². The minimum atomic E-state index is -3.68. The molecule has 3 N–H and O–H groups in total. The quantitative estimate of drug-likeness (QED) is 0.550. The van der Waals surface area contributed by atoms with Crippen molar-refractivity contribution in [3.05, 3.63) is 83.0 Å². The molecule has 4 rings (SSSR count). The average Bonchev–Trinajstić information content (AvgIpc) is 2.74. The second kappa shape index (κ2) is 6.99. The van der Waals surface area contributed by atoms with Crippen LogP contribution in [0.15, 0.2) is 81.6 Å². The van der Waals surface area contributed by atoms with Crippen molar-refractivity contribution < 1.29 is 8.42 Å². The topological polar surface area (TPSA) is 119 Å². The van der Waals surface area contributed by atoms with Crippen molar-refractivity contribution in [2.24, 2.45) is 5.73 Å². The van der Waals surface area contributed by atoms with Crippen LogP contribution in [0.2, 0.25) is 0 Å². The van der Waals surface area contributed by atoms with E-state index in [-0.39, 0.29) is 21.9 Å². The van der Waals surface area contributed by atoms with Crippen LogP contribution < -0.4 is 11.3 Å².